The maximum atomic E-state index is 9.30. The number of fused-ring (bicyclic) bond motifs is 1. The number of rotatable bonds is 6. The van der Waals surface area contributed by atoms with E-state index in [1.807, 2.05) is 42.5 Å². The van der Waals surface area contributed by atoms with E-state index in [0.29, 0.717) is 31.1 Å². The first kappa shape index (κ1) is 15.4. The summed E-state index contributed by atoms with van der Waals surface area (Å²) < 4.78 is 17.5. The van der Waals surface area contributed by atoms with Crippen LogP contribution in [0.1, 0.15) is 11.1 Å². The first-order valence-corrected chi connectivity index (χ1v) is 7.65. The first-order chi connectivity index (χ1) is 11.3. The molecule has 0 bridgehead atoms. The van der Waals surface area contributed by atoms with E-state index in [-0.39, 0.29) is 12.7 Å². The molecular formula is C19H20O4. The van der Waals surface area contributed by atoms with Crippen molar-refractivity contribution in [1.82, 2.24) is 0 Å². The molecule has 0 aromatic heterocycles. The average molecular weight is 312 g/mol. The number of benzene rings is 2. The Morgan fingerprint density at radius 3 is 2.78 bits per heavy atom. The predicted molar refractivity (Wildman–Crippen MR) is 88.1 cm³/mol. The minimum Gasteiger partial charge on any atom is -0.488 e. The molecule has 0 spiro atoms. The fraction of sp³-hybridized carbons (Fsp3) is 0.263. The second-order valence-corrected chi connectivity index (χ2v) is 5.37. The van der Waals surface area contributed by atoms with E-state index >= 15 is 0 Å². The van der Waals surface area contributed by atoms with Crippen LogP contribution in [0.5, 0.6) is 17.2 Å². The van der Waals surface area contributed by atoms with Gasteiger partial charge in [0.05, 0.1) is 6.61 Å². The predicted octanol–water partition coefficient (Wildman–Crippen LogP) is 3.13. The third-order valence-corrected chi connectivity index (χ3v) is 3.68. The number of aliphatic hydroxyl groups is 1. The Bertz CT molecular complexity index is 667. The summed E-state index contributed by atoms with van der Waals surface area (Å²) in [5.74, 6) is 2.06. The Balaban J connectivity index is 1.86. The van der Waals surface area contributed by atoms with Crippen molar-refractivity contribution >= 4 is 0 Å². The third-order valence-electron chi connectivity index (χ3n) is 3.68. The highest BCUT2D eigenvalue weighted by molar-refractivity contribution is 5.55. The molecule has 1 heterocycles. The van der Waals surface area contributed by atoms with Crippen LogP contribution in [0.2, 0.25) is 0 Å². The van der Waals surface area contributed by atoms with Gasteiger partial charge in [-0.2, -0.15) is 0 Å². The minimum atomic E-state index is -0.351. The van der Waals surface area contributed by atoms with Crippen LogP contribution in [0, 0.1) is 0 Å². The normalized spacial score (nSPS) is 16.0. The monoisotopic (exact) mass is 312 g/mol. The summed E-state index contributed by atoms with van der Waals surface area (Å²) in [5.41, 5.74) is 1.99. The smallest absolute Gasteiger partial charge is 0.169 e. The molecule has 4 nitrogen and oxygen atoms in total. The third kappa shape index (κ3) is 3.48. The van der Waals surface area contributed by atoms with Crippen LogP contribution < -0.4 is 14.2 Å². The second kappa shape index (κ2) is 7.20. The molecule has 1 aliphatic heterocycles. The SMILES string of the molecule is C=CCc1c(OCc2ccccc2)ccc2c1O[C@@H](CO)CO2. The lowest BCUT2D eigenvalue weighted by molar-refractivity contribution is 0.0444. The van der Waals surface area contributed by atoms with E-state index in [1.165, 1.54) is 0 Å². The Kier molecular flexibility index (Phi) is 4.83. The Morgan fingerprint density at radius 2 is 2.04 bits per heavy atom. The van der Waals surface area contributed by atoms with E-state index in [1.54, 1.807) is 6.08 Å². The molecule has 0 saturated heterocycles. The standard InChI is InChI=1S/C19H20O4/c1-2-6-16-17(21-12-14-7-4-3-5-8-14)9-10-18-19(16)23-15(11-20)13-22-18/h2-5,7-10,15,20H,1,6,11-13H2/t15-/m0/s1. The van der Waals surface area contributed by atoms with Crippen LogP contribution in [-0.4, -0.2) is 24.4 Å². The van der Waals surface area contributed by atoms with Crippen LogP contribution in [0.25, 0.3) is 0 Å². The first-order valence-electron chi connectivity index (χ1n) is 7.65. The number of ether oxygens (including phenoxy) is 3. The zero-order chi connectivity index (χ0) is 16.1. The van der Waals surface area contributed by atoms with Crippen LogP contribution in [0.3, 0.4) is 0 Å². The fourth-order valence-electron chi connectivity index (χ4n) is 2.51. The molecule has 3 rings (SSSR count). The van der Waals surface area contributed by atoms with Gasteiger partial charge in [0.1, 0.15) is 19.0 Å². The molecule has 23 heavy (non-hydrogen) atoms. The zero-order valence-electron chi connectivity index (χ0n) is 12.9. The minimum absolute atomic E-state index is 0.0813. The molecule has 4 heteroatoms. The molecule has 2 aromatic rings. The average Bonchev–Trinajstić information content (AvgIpc) is 2.61. The second-order valence-electron chi connectivity index (χ2n) is 5.37. The summed E-state index contributed by atoms with van der Waals surface area (Å²) in [7, 11) is 0. The van der Waals surface area contributed by atoms with Crippen molar-refractivity contribution in [3.8, 4) is 17.2 Å². The van der Waals surface area contributed by atoms with Gasteiger partial charge >= 0.3 is 0 Å². The van der Waals surface area contributed by atoms with E-state index in [4.69, 9.17) is 14.2 Å². The van der Waals surface area contributed by atoms with Gasteiger partial charge in [-0.3, -0.25) is 0 Å². The van der Waals surface area contributed by atoms with E-state index in [9.17, 15) is 5.11 Å². The Hall–Kier alpha value is -2.46. The van der Waals surface area contributed by atoms with Gasteiger partial charge < -0.3 is 19.3 Å². The van der Waals surface area contributed by atoms with Crippen molar-refractivity contribution in [1.29, 1.82) is 0 Å². The summed E-state index contributed by atoms with van der Waals surface area (Å²) >= 11 is 0. The highest BCUT2D eigenvalue weighted by Gasteiger charge is 2.25. The molecule has 1 N–H and O–H groups in total. The van der Waals surface area contributed by atoms with Crippen molar-refractivity contribution in [3.05, 3.63) is 66.2 Å². The summed E-state index contributed by atoms with van der Waals surface area (Å²) in [5, 5.41) is 9.30. The largest absolute Gasteiger partial charge is 0.488 e. The molecular weight excluding hydrogens is 292 g/mol. The van der Waals surface area contributed by atoms with Gasteiger partial charge in [0.25, 0.3) is 0 Å². The van der Waals surface area contributed by atoms with Crippen molar-refractivity contribution in [2.24, 2.45) is 0 Å². The number of aliphatic hydroxyl groups excluding tert-OH is 1. The molecule has 120 valence electrons. The van der Waals surface area contributed by atoms with Gasteiger partial charge in [0.15, 0.2) is 17.6 Å². The van der Waals surface area contributed by atoms with Gasteiger partial charge in [0.2, 0.25) is 0 Å². The fourth-order valence-corrected chi connectivity index (χ4v) is 2.51. The van der Waals surface area contributed by atoms with Crippen LogP contribution >= 0.6 is 0 Å². The van der Waals surface area contributed by atoms with E-state index in [2.05, 4.69) is 6.58 Å². The van der Waals surface area contributed by atoms with E-state index in [0.717, 1.165) is 16.9 Å². The lowest BCUT2D eigenvalue weighted by atomic mass is 10.1. The lowest BCUT2D eigenvalue weighted by Crippen LogP contribution is -2.32. The van der Waals surface area contributed by atoms with Crippen molar-refractivity contribution in [2.45, 2.75) is 19.1 Å². The van der Waals surface area contributed by atoms with Crippen molar-refractivity contribution in [3.63, 3.8) is 0 Å². The zero-order valence-corrected chi connectivity index (χ0v) is 12.9. The van der Waals surface area contributed by atoms with Crippen LogP contribution in [-0.2, 0) is 13.0 Å². The van der Waals surface area contributed by atoms with Crippen LogP contribution in [0.15, 0.2) is 55.1 Å². The van der Waals surface area contributed by atoms with Gasteiger partial charge in [-0.05, 0) is 24.1 Å². The number of allylic oxidation sites excluding steroid dienone is 1. The topological polar surface area (TPSA) is 47.9 Å². The number of hydrogen-bond acceptors (Lipinski definition) is 4. The Labute approximate surface area is 135 Å². The summed E-state index contributed by atoms with van der Waals surface area (Å²) in [6, 6.07) is 13.7. The van der Waals surface area contributed by atoms with Gasteiger partial charge in [-0.25, -0.2) is 0 Å². The van der Waals surface area contributed by atoms with Gasteiger partial charge in [-0.15, -0.1) is 6.58 Å². The maximum absolute atomic E-state index is 9.30. The molecule has 0 amide bonds. The molecule has 0 fully saturated rings. The quantitative estimate of drug-likeness (QED) is 0.833. The maximum Gasteiger partial charge on any atom is 0.169 e. The van der Waals surface area contributed by atoms with Crippen LogP contribution in [0.4, 0.5) is 0 Å². The number of hydrogen-bond donors (Lipinski definition) is 1. The molecule has 0 radical (unpaired) electrons. The molecule has 0 unspecified atom stereocenters. The highest BCUT2D eigenvalue weighted by Crippen LogP contribution is 2.41. The molecule has 1 aliphatic rings. The summed E-state index contributed by atoms with van der Waals surface area (Å²) in [4.78, 5) is 0. The highest BCUT2D eigenvalue weighted by atomic mass is 16.6. The lowest BCUT2D eigenvalue weighted by Gasteiger charge is -2.28. The molecule has 0 aliphatic carbocycles. The summed E-state index contributed by atoms with van der Waals surface area (Å²) in [6.07, 6.45) is 2.06. The van der Waals surface area contributed by atoms with E-state index < -0.39 is 0 Å². The molecule has 0 saturated carbocycles. The molecule has 1 atom stereocenters. The summed E-state index contributed by atoms with van der Waals surface area (Å²) in [6.45, 7) is 4.55. The van der Waals surface area contributed by atoms with Gasteiger partial charge in [-0.1, -0.05) is 36.4 Å². The van der Waals surface area contributed by atoms with Crippen molar-refractivity contribution < 1.29 is 19.3 Å². The van der Waals surface area contributed by atoms with Crippen molar-refractivity contribution in [2.75, 3.05) is 13.2 Å². The molecule has 2 aromatic carbocycles. The Morgan fingerprint density at radius 1 is 1.22 bits per heavy atom. The van der Waals surface area contributed by atoms with Gasteiger partial charge in [0, 0.05) is 5.56 Å².